The number of nitro benzene ring substituents is 2. The maximum atomic E-state index is 12.6. The molecule has 0 atom stereocenters. The van der Waals surface area contributed by atoms with Crippen LogP contribution in [0.5, 0.6) is 0 Å². The van der Waals surface area contributed by atoms with Crippen LogP contribution >= 0.6 is 0 Å². The van der Waals surface area contributed by atoms with E-state index in [9.17, 15) is 25.0 Å². The smallest absolute Gasteiger partial charge is 0.299 e. The molecule has 0 aromatic heterocycles. The molecule has 0 radical (unpaired) electrons. The van der Waals surface area contributed by atoms with Gasteiger partial charge < -0.3 is 10.2 Å². The van der Waals surface area contributed by atoms with E-state index in [1.807, 2.05) is 4.90 Å². The van der Waals surface area contributed by atoms with Crippen molar-refractivity contribution in [1.29, 1.82) is 0 Å². The molecule has 1 saturated heterocycles. The van der Waals surface area contributed by atoms with Crippen LogP contribution in [0.25, 0.3) is 0 Å². The fourth-order valence-corrected chi connectivity index (χ4v) is 3.95. The summed E-state index contributed by atoms with van der Waals surface area (Å²) in [4.78, 5) is 36.1. The summed E-state index contributed by atoms with van der Waals surface area (Å²) >= 11 is 0. The Labute approximate surface area is 157 Å². The lowest BCUT2D eigenvalue weighted by molar-refractivity contribution is -0.393. The Morgan fingerprint density at radius 3 is 2.11 bits per heavy atom. The predicted molar refractivity (Wildman–Crippen MR) is 101 cm³/mol. The van der Waals surface area contributed by atoms with Crippen molar-refractivity contribution in [2.45, 2.75) is 51.4 Å². The molecular formula is C18H24N4O5. The van der Waals surface area contributed by atoms with E-state index in [4.69, 9.17) is 0 Å². The van der Waals surface area contributed by atoms with E-state index in [1.54, 1.807) is 0 Å². The van der Waals surface area contributed by atoms with Crippen molar-refractivity contribution in [3.63, 3.8) is 0 Å². The van der Waals surface area contributed by atoms with E-state index in [-0.39, 0.29) is 23.2 Å². The summed E-state index contributed by atoms with van der Waals surface area (Å²) in [6.45, 7) is 1.32. The van der Waals surface area contributed by atoms with Gasteiger partial charge in [-0.05, 0) is 38.2 Å². The van der Waals surface area contributed by atoms with Gasteiger partial charge in [0.1, 0.15) is 11.4 Å². The highest BCUT2D eigenvalue weighted by Crippen LogP contribution is 2.39. The molecule has 2 aliphatic rings. The number of hydrogen-bond donors (Lipinski definition) is 1. The van der Waals surface area contributed by atoms with E-state index in [1.165, 1.54) is 6.07 Å². The lowest BCUT2D eigenvalue weighted by Gasteiger charge is -2.28. The molecule has 1 aliphatic heterocycles. The van der Waals surface area contributed by atoms with Crippen LogP contribution in [0, 0.1) is 26.1 Å². The molecular weight excluding hydrogens is 352 g/mol. The zero-order valence-electron chi connectivity index (χ0n) is 15.2. The lowest BCUT2D eigenvalue weighted by atomic mass is 9.88. The average Bonchev–Trinajstić information content (AvgIpc) is 2.68. The predicted octanol–water partition coefficient (Wildman–Crippen LogP) is 4.01. The molecule has 1 aliphatic carbocycles. The van der Waals surface area contributed by atoms with Crippen molar-refractivity contribution in [3.8, 4) is 0 Å². The third kappa shape index (κ3) is 4.35. The molecule has 146 valence electrons. The number of carbonyl (C=O) groups excluding carboxylic acids is 1. The van der Waals surface area contributed by atoms with Crippen LogP contribution in [-0.2, 0) is 4.79 Å². The highest BCUT2D eigenvalue weighted by Gasteiger charge is 2.30. The molecule has 1 heterocycles. The van der Waals surface area contributed by atoms with Crippen molar-refractivity contribution in [3.05, 3.63) is 32.4 Å². The van der Waals surface area contributed by atoms with E-state index in [2.05, 4.69) is 5.32 Å². The molecule has 9 nitrogen and oxygen atoms in total. The van der Waals surface area contributed by atoms with Crippen molar-refractivity contribution in [1.82, 2.24) is 0 Å². The summed E-state index contributed by atoms with van der Waals surface area (Å²) in [5.41, 5.74) is -0.350. The molecule has 0 bridgehead atoms. The first-order valence-corrected chi connectivity index (χ1v) is 9.50. The molecule has 9 heteroatoms. The summed E-state index contributed by atoms with van der Waals surface area (Å²) in [6, 6.07) is 2.38. The fourth-order valence-electron chi connectivity index (χ4n) is 3.95. The second kappa shape index (κ2) is 8.32. The number of hydrogen-bond acceptors (Lipinski definition) is 6. The number of benzene rings is 1. The molecule has 1 saturated carbocycles. The van der Waals surface area contributed by atoms with E-state index >= 15 is 0 Å². The Morgan fingerprint density at radius 2 is 1.52 bits per heavy atom. The van der Waals surface area contributed by atoms with Gasteiger partial charge in [0, 0.05) is 19.0 Å². The third-order valence-corrected chi connectivity index (χ3v) is 5.42. The van der Waals surface area contributed by atoms with Gasteiger partial charge in [0.25, 0.3) is 11.4 Å². The molecule has 1 aromatic rings. The Bertz CT molecular complexity index is 740. The van der Waals surface area contributed by atoms with Crippen LogP contribution in [0.2, 0.25) is 0 Å². The number of rotatable bonds is 5. The molecule has 2 fully saturated rings. The Balaban J connectivity index is 1.96. The maximum absolute atomic E-state index is 12.6. The van der Waals surface area contributed by atoms with Gasteiger partial charge in [0.2, 0.25) is 5.91 Å². The molecule has 1 N–H and O–H groups in total. The SMILES string of the molecule is O=C(Nc1cc(N2CCCCC2)c([N+](=O)[O-])cc1[N+](=O)[O-])C1CCCCC1. The largest absolute Gasteiger partial charge is 0.366 e. The van der Waals surface area contributed by atoms with Crippen LogP contribution < -0.4 is 10.2 Å². The summed E-state index contributed by atoms with van der Waals surface area (Å²) in [5, 5.41) is 25.6. The van der Waals surface area contributed by atoms with Crippen LogP contribution in [0.1, 0.15) is 51.4 Å². The minimum absolute atomic E-state index is 0.0433. The Kier molecular flexibility index (Phi) is 5.88. The second-order valence-corrected chi connectivity index (χ2v) is 7.24. The zero-order chi connectivity index (χ0) is 19.4. The van der Waals surface area contributed by atoms with Crippen molar-refractivity contribution in [2.75, 3.05) is 23.3 Å². The average molecular weight is 376 g/mol. The maximum Gasteiger partial charge on any atom is 0.299 e. The first-order chi connectivity index (χ1) is 13.0. The molecule has 1 aromatic carbocycles. The number of anilines is 2. The first kappa shape index (κ1) is 19.1. The first-order valence-electron chi connectivity index (χ1n) is 9.50. The quantitative estimate of drug-likeness (QED) is 0.612. The molecule has 0 unspecified atom stereocenters. The minimum atomic E-state index is -0.677. The van der Waals surface area contributed by atoms with Gasteiger partial charge in [-0.15, -0.1) is 0 Å². The van der Waals surface area contributed by atoms with Gasteiger partial charge in [0.15, 0.2) is 0 Å². The van der Waals surface area contributed by atoms with Crippen LogP contribution in [0.4, 0.5) is 22.7 Å². The molecule has 3 rings (SSSR count). The van der Waals surface area contributed by atoms with Crippen molar-refractivity contribution < 1.29 is 14.6 Å². The highest BCUT2D eigenvalue weighted by atomic mass is 16.6. The number of amides is 1. The normalized spacial score (nSPS) is 18.1. The van der Waals surface area contributed by atoms with Crippen LogP contribution in [-0.4, -0.2) is 28.8 Å². The Morgan fingerprint density at radius 1 is 0.926 bits per heavy atom. The van der Waals surface area contributed by atoms with Gasteiger partial charge >= 0.3 is 0 Å². The molecule has 1 amide bonds. The number of nitrogens with one attached hydrogen (secondary N) is 1. The van der Waals surface area contributed by atoms with Crippen LogP contribution in [0.15, 0.2) is 12.1 Å². The monoisotopic (exact) mass is 376 g/mol. The fraction of sp³-hybridized carbons (Fsp3) is 0.611. The Hall–Kier alpha value is -2.71. The molecule has 27 heavy (non-hydrogen) atoms. The number of nitrogens with zero attached hydrogens (tertiary/aromatic N) is 3. The van der Waals surface area contributed by atoms with Gasteiger partial charge in [-0.2, -0.15) is 0 Å². The summed E-state index contributed by atoms with van der Waals surface area (Å²) in [6.07, 6.45) is 7.47. The highest BCUT2D eigenvalue weighted by molar-refractivity contribution is 5.96. The minimum Gasteiger partial charge on any atom is -0.366 e. The van der Waals surface area contributed by atoms with E-state index in [0.29, 0.717) is 18.8 Å². The second-order valence-electron chi connectivity index (χ2n) is 7.24. The summed E-state index contributed by atoms with van der Waals surface area (Å²) < 4.78 is 0. The zero-order valence-corrected chi connectivity index (χ0v) is 15.2. The van der Waals surface area contributed by atoms with Gasteiger partial charge in [0.05, 0.1) is 15.9 Å². The van der Waals surface area contributed by atoms with Crippen LogP contribution in [0.3, 0.4) is 0 Å². The van der Waals surface area contributed by atoms with Gasteiger partial charge in [-0.25, -0.2) is 0 Å². The van der Waals surface area contributed by atoms with Crippen molar-refractivity contribution >= 4 is 28.7 Å². The van der Waals surface area contributed by atoms with Gasteiger partial charge in [-0.1, -0.05) is 19.3 Å². The van der Waals surface area contributed by atoms with Gasteiger partial charge in [-0.3, -0.25) is 25.0 Å². The summed E-state index contributed by atoms with van der Waals surface area (Å²) in [5.74, 6) is -0.400. The number of piperidine rings is 1. The van der Waals surface area contributed by atoms with Crippen molar-refractivity contribution in [2.24, 2.45) is 5.92 Å². The number of nitro groups is 2. The molecule has 0 spiro atoms. The van der Waals surface area contributed by atoms with E-state index < -0.39 is 15.5 Å². The van der Waals surface area contributed by atoms with E-state index in [0.717, 1.165) is 57.4 Å². The standard InChI is InChI=1S/C18H24N4O5/c23-18(13-7-3-1-4-8-13)19-14-11-16(20-9-5-2-6-10-20)17(22(26)27)12-15(14)21(24)25/h11-13H,1-10H2,(H,19,23). The number of carbonyl (C=O) groups is 1. The third-order valence-electron chi connectivity index (χ3n) is 5.42. The summed E-state index contributed by atoms with van der Waals surface area (Å²) in [7, 11) is 0. The topological polar surface area (TPSA) is 119 Å². The lowest BCUT2D eigenvalue weighted by Crippen LogP contribution is -2.30.